The molecule has 1 heterocycles. The SMILES string of the molecule is [2H]C(=C([2H])c1ccc2c(c1)c(-c1ccccc1)c(-c1ccccc1)n2-c1ccccc1)c1ccc2c(c1)C(C)(C)c1cc(N(c3ccccc3)c3ccccc3)ccc1-2. The Balaban J connectivity index is 1.08. The van der Waals surface area contributed by atoms with Crippen LogP contribution in [0.2, 0.25) is 0 Å². The van der Waals surface area contributed by atoms with Gasteiger partial charge in [0.25, 0.3) is 0 Å². The van der Waals surface area contributed by atoms with Crippen LogP contribution in [0, 0.1) is 0 Å². The summed E-state index contributed by atoms with van der Waals surface area (Å²) in [6.45, 7) is 4.55. The predicted octanol–water partition coefficient (Wildman–Crippen LogP) is 14.9. The minimum absolute atomic E-state index is 0.191. The van der Waals surface area contributed by atoms with E-state index in [1.54, 1.807) is 0 Å². The summed E-state index contributed by atoms with van der Waals surface area (Å²) in [7, 11) is 0. The van der Waals surface area contributed by atoms with Crippen LogP contribution < -0.4 is 4.90 Å². The van der Waals surface area contributed by atoms with Gasteiger partial charge in [0, 0.05) is 39.1 Å². The molecule has 0 bridgehead atoms. The molecule has 2 heteroatoms. The van der Waals surface area contributed by atoms with Crippen molar-refractivity contribution in [3.63, 3.8) is 0 Å². The number of rotatable bonds is 8. The fourth-order valence-electron chi connectivity index (χ4n) is 8.67. The summed E-state index contributed by atoms with van der Waals surface area (Å²) in [5.41, 5.74) is 15.7. The number of para-hydroxylation sites is 3. The molecule has 0 saturated heterocycles. The maximum absolute atomic E-state index is 9.54. The molecule has 0 fully saturated rings. The van der Waals surface area contributed by atoms with Gasteiger partial charge in [0.15, 0.2) is 0 Å². The number of aromatic nitrogens is 1. The quantitative estimate of drug-likeness (QED) is 0.141. The maximum atomic E-state index is 9.54. The molecule has 9 aromatic rings. The Morgan fingerprint density at radius 1 is 0.474 bits per heavy atom. The highest BCUT2D eigenvalue weighted by atomic mass is 15.1. The van der Waals surface area contributed by atoms with Gasteiger partial charge < -0.3 is 9.47 Å². The second-order valence-electron chi connectivity index (χ2n) is 15.2. The van der Waals surface area contributed by atoms with Gasteiger partial charge in [-0.1, -0.05) is 172 Å². The van der Waals surface area contributed by atoms with Crippen LogP contribution in [-0.2, 0) is 5.41 Å². The molecule has 2 nitrogen and oxygen atoms in total. The highest BCUT2D eigenvalue weighted by molar-refractivity contribution is 6.06. The zero-order valence-corrected chi connectivity index (χ0v) is 32.0. The molecule has 0 atom stereocenters. The van der Waals surface area contributed by atoms with Crippen molar-refractivity contribution in [3.8, 4) is 39.2 Å². The van der Waals surface area contributed by atoms with Crippen molar-refractivity contribution >= 4 is 40.1 Å². The van der Waals surface area contributed by atoms with Gasteiger partial charge in [0.1, 0.15) is 0 Å². The summed E-state index contributed by atoms with van der Waals surface area (Å²) < 4.78 is 21.4. The average Bonchev–Trinajstić information content (AvgIpc) is 3.75. The number of benzene rings is 8. The van der Waals surface area contributed by atoms with E-state index < -0.39 is 0 Å². The molecular formula is C55H42N2. The maximum Gasteiger partial charge on any atom is 0.0629 e. The van der Waals surface area contributed by atoms with Gasteiger partial charge in [-0.3, -0.25) is 0 Å². The summed E-state index contributed by atoms with van der Waals surface area (Å²) >= 11 is 0. The third-order valence-corrected chi connectivity index (χ3v) is 11.4. The van der Waals surface area contributed by atoms with Gasteiger partial charge in [-0.25, -0.2) is 0 Å². The van der Waals surface area contributed by atoms with Crippen molar-refractivity contribution in [3.05, 3.63) is 229 Å². The summed E-state index contributed by atoms with van der Waals surface area (Å²) in [6, 6.07) is 72.2. The first-order valence-corrected chi connectivity index (χ1v) is 19.6. The van der Waals surface area contributed by atoms with Crippen molar-refractivity contribution in [1.82, 2.24) is 4.57 Å². The first kappa shape index (κ1) is 32.1. The summed E-state index contributed by atoms with van der Waals surface area (Å²) in [6.07, 6.45) is 0. The van der Waals surface area contributed by atoms with Gasteiger partial charge in [0.2, 0.25) is 0 Å². The van der Waals surface area contributed by atoms with E-state index in [9.17, 15) is 2.74 Å². The average molecular weight is 733 g/mol. The van der Waals surface area contributed by atoms with Crippen LogP contribution >= 0.6 is 0 Å². The van der Waals surface area contributed by atoms with Crippen LogP contribution in [0.3, 0.4) is 0 Å². The molecule has 0 aliphatic heterocycles. The molecule has 0 spiro atoms. The minimum Gasteiger partial charge on any atom is -0.310 e. The molecule has 272 valence electrons. The monoisotopic (exact) mass is 732 g/mol. The summed E-state index contributed by atoms with van der Waals surface area (Å²) in [5.74, 6) is 0. The van der Waals surface area contributed by atoms with Gasteiger partial charge in [-0.2, -0.15) is 0 Å². The van der Waals surface area contributed by atoms with E-state index in [2.05, 4.69) is 199 Å². The van der Waals surface area contributed by atoms with Gasteiger partial charge in [-0.15, -0.1) is 0 Å². The van der Waals surface area contributed by atoms with Crippen LogP contribution in [0.4, 0.5) is 17.1 Å². The molecule has 0 N–H and O–H groups in total. The molecule has 1 aromatic heterocycles. The number of hydrogen-bond donors (Lipinski definition) is 0. The summed E-state index contributed by atoms with van der Waals surface area (Å²) in [5, 5.41) is 1.04. The van der Waals surface area contributed by atoms with E-state index >= 15 is 0 Å². The van der Waals surface area contributed by atoms with E-state index in [0.29, 0.717) is 5.56 Å². The fourth-order valence-corrected chi connectivity index (χ4v) is 8.67. The molecule has 0 unspecified atom stereocenters. The second kappa shape index (κ2) is 14.2. The van der Waals surface area contributed by atoms with Crippen molar-refractivity contribution in [2.24, 2.45) is 0 Å². The Morgan fingerprint density at radius 3 is 1.58 bits per heavy atom. The van der Waals surface area contributed by atoms with Crippen molar-refractivity contribution < 1.29 is 2.74 Å². The Kier molecular flexibility index (Phi) is 7.98. The first-order valence-electron chi connectivity index (χ1n) is 20.6. The van der Waals surface area contributed by atoms with Gasteiger partial charge in [-0.05, 0) is 105 Å². The number of hydrogen-bond acceptors (Lipinski definition) is 1. The highest BCUT2D eigenvalue weighted by Gasteiger charge is 2.36. The zero-order chi connectivity index (χ0) is 40.1. The molecule has 0 saturated carbocycles. The smallest absolute Gasteiger partial charge is 0.0629 e. The lowest BCUT2D eigenvalue weighted by atomic mass is 9.81. The van der Waals surface area contributed by atoms with Gasteiger partial charge in [0.05, 0.1) is 14.0 Å². The van der Waals surface area contributed by atoms with Crippen LogP contribution in [0.15, 0.2) is 206 Å². The topological polar surface area (TPSA) is 8.17 Å². The van der Waals surface area contributed by atoms with E-state index in [1.165, 1.54) is 22.3 Å². The van der Waals surface area contributed by atoms with E-state index in [1.807, 2.05) is 30.3 Å². The molecule has 0 radical (unpaired) electrons. The Bertz CT molecular complexity index is 2970. The lowest BCUT2D eigenvalue weighted by molar-refractivity contribution is 0.660. The lowest BCUT2D eigenvalue weighted by Crippen LogP contribution is -2.16. The van der Waals surface area contributed by atoms with E-state index in [4.69, 9.17) is 0 Å². The lowest BCUT2D eigenvalue weighted by Gasteiger charge is -2.28. The van der Waals surface area contributed by atoms with Crippen LogP contribution in [-0.4, -0.2) is 4.57 Å². The largest absolute Gasteiger partial charge is 0.310 e. The first-order chi connectivity index (χ1) is 28.9. The summed E-state index contributed by atoms with van der Waals surface area (Å²) in [4.78, 5) is 2.30. The fraction of sp³-hybridized carbons (Fsp3) is 0.0545. The van der Waals surface area contributed by atoms with E-state index in [-0.39, 0.29) is 17.5 Å². The second-order valence-corrected chi connectivity index (χ2v) is 15.2. The van der Waals surface area contributed by atoms with Crippen molar-refractivity contribution in [1.29, 1.82) is 0 Å². The standard InChI is InChI=1S/C55H42N2/c1-55(2)50-37-40(30-33-47(50)48-34-32-46(38-51(48)55)56(43-22-12-5-13-23-43)44-24-14-6-15-25-44)29-28-39-31-35-52-49(36-39)53(41-18-8-3-9-19-41)54(42-20-10-4-11-21-42)57(52)45-26-16-7-17-27-45/h3-38H,1-2H3/i28D,29D. The minimum atomic E-state index is -0.324. The zero-order valence-electron chi connectivity index (χ0n) is 34.0. The highest BCUT2D eigenvalue weighted by Crippen LogP contribution is 2.51. The van der Waals surface area contributed by atoms with E-state index in [0.717, 1.165) is 61.6 Å². The van der Waals surface area contributed by atoms with Crippen LogP contribution in [0.5, 0.6) is 0 Å². The molecular weight excluding hydrogens is 689 g/mol. The van der Waals surface area contributed by atoms with Crippen LogP contribution in [0.1, 0.15) is 38.8 Å². The molecule has 57 heavy (non-hydrogen) atoms. The molecule has 0 amide bonds. The molecule has 10 rings (SSSR count). The Hall–Kier alpha value is -7.16. The third-order valence-electron chi connectivity index (χ3n) is 11.4. The molecule has 1 aliphatic carbocycles. The number of fused-ring (bicyclic) bond motifs is 4. The van der Waals surface area contributed by atoms with Crippen LogP contribution in [0.25, 0.3) is 62.2 Å². The van der Waals surface area contributed by atoms with Crippen molar-refractivity contribution in [2.45, 2.75) is 19.3 Å². The number of nitrogens with zero attached hydrogens (tertiary/aromatic N) is 2. The van der Waals surface area contributed by atoms with Gasteiger partial charge >= 0.3 is 0 Å². The molecule has 8 aromatic carbocycles. The third kappa shape index (κ3) is 6.07. The Labute approximate surface area is 338 Å². The van der Waals surface area contributed by atoms with Crippen molar-refractivity contribution in [2.75, 3.05) is 4.90 Å². The Morgan fingerprint density at radius 2 is 0.965 bits per heavy atom. The normalized spacial score (nSPS) is 13.6. The molecule has 1 aliphatic rings. The predicted molar refractivity (Wildman–Crippen MR) is 242 cm³/mol. The number of anilines is 3.